The molecule has 0 aliphatic carbocycles. The van der Waals surface area contributed by atoms with Crippen LogP contribution in [0.3, 0.4) is 0 Å². The number of aliphatic imine (C=N–C) groups is 1. The van der Waals surface area contributed by atoms with Gasteiger partial charge in [-0.2, -0.15) is 13.6 Å². The molecule has 0 spiro atoms. The first kappa shape index (κ1) is 25.6. The highest BCUT2D eigenvalue weighted by molar-refractivity contribution is 9.10. The molecule has 0 radical (unpaired) electrons. The second-order valence-corrected chi connectivity index (χ2v) is 9.91. The van der Waals surface area contributed by atoms with E-state index in [4.69, 9.17) is 18.9 Å². The number of quaternary nitrogens is 1. The van der Waals surface area contributed by atoms with Gasteiger partial charge < -0.3 is 18.9 Å². The van der Waals surface area contributed by atoms with E-state index in [0.717, 1.165) is 15.4 Å². The fourth-order valence-electron chi connectivity index (χ4n) is 3.45. The molecule has 0 bridgehead atoms. The highest BCUT2D eigenvalue weighted by atomic mass is 79.9. The van der Waals surface area contributed by atoms with E-state index in [9.17, 15) is 13.6 Å². The highest BCUT2D eigenvalue weighted by Gasteiger charge is 2.18. The third kappa shape index (κ3) is 5.50. The largest absolute Gasteiger partial charge is 0.595 e. The number of rotatable bonds is 8. The molecule has 1 atom stereocenters. The number of nitrogens with one attached hydrogen (secondary N) is 1. The third-order valence-corrected chi connectivity index (χ3v) is 7.22. The van der Waals surface area contributed by atoms with Gasteiger partial charge in [-0.25, -0.2) is 5.21 Å². The predicted octanol–water partition coefficient (Wildman–Crippen LogP) is 4.54. The van der Waals surface area contributed by atoms with Crippen LogP contribution in [-0.4, -0.2) is 34.1 Å². The Hall–Kier alpha value is -3.48. The van der Waals surface area contributed by atoms with Crippen LogP contribution >= 0.6 is 15.9 Å². The average Bonchev–Trinajstić information content (AvgIpc) is 2.87. The fourth-order valence-corrected chi connectivity index (χ4v) is 4.79. The van der Waals surface area contributed by atoms with Gasteiger partial charge in [-0.1, -0.05) is 18.2 Å². The summed E-state index contributed by atoms with van der Waals surface area (Å²) < 4.78 is 42.2. The van der Waals surface area contributed by atoms with Crippen molar-refractivity contribution in [3.8, 4) is 17.2 Å². The zero-order valence-electron chi connectivity index (χ0n) is 19.1. The summed E-state index contributed by atoms with van der Waals surface area (Å²) in [4.78, 5) is 4.45. The Balaban J connectivity index is 1.66. The van der Waals surface area contributed by atoms with E-state index in [0.29, 0.717) is 22.6 Å². The molecule has 0 amide bonds. The number of fused-ring (bicyclic) bond motifs is 1. The van der Waals surface area contributed by atoms with Gasteiger partial charge in [0.25, 0.3) is 0 Å². The monoisotopic (exact) mass is 572 g/mol. The lowest BCUT2D eigenvalue weighted by atomic mass is 10.1. The van der Waals surface area contributed by atoms with Gasteiger partial charge in [0.15, 0.2) is 17.2 Å². The van der Waals surface area contributed by atoms with E-state index in [1.54, 1.807) is 56.8 Å². The first-order valence-electron chi connectivity index (χ1n) is 10.5. The lowest BCUT2D eigenvalue weighted by Crippen LogP contribution is -2.99. The Morgan fingerprint density at radius 2 is 1.67 bits per heavy atom. The third-order valence-electron chi connectivity index (χ3n) is 5.27. The lowest BCUT2D eigenvalue weighted by Gasteiger charge is -2.12. The van der Waals surface area contributed by atoms with Gasteiger partial charge in [-0.3, -0.25) is 4.99 Å². The number of benzene rings is 4. The molecule has 0 aliphatic heterocycles. The van der Waals surface area contributed by atoms with E-state index in [-0.39, 0.29) is 16.3 Å². The summed E-state index contributed by atoms with van der Waals surface area (Å²) in [5.41, 5.74) is 1.33. The SMILES string of the molecule is COc1cc(Br)c(C=Nc2cccc3ccc(OS(=O)(=O)c4ccc([NH+]([O-])O)cc4)cc23)cc1OC. The van der Waals surface area contributed by atoms with Gasteiger partial charge in [0.05, 0.1) is 19.9 Å². The van der Waals surface area contributed by atoms with Crippen molar-refractivity contribution in [2.75, 3.05) is 14.2 Å². The molecule has 186 valence electrons. The summed E-state index contributed by atoms with van der Waals surface area (Å²) in [6, 6.07) is 18.8. The van der Waals surface area contributed by atoms with Crippen LogP contribution in [0.1, 0.15) is 5.56 Å². The van der Waals surface area contributed by atoms with Gasteiger partial charge in [-0.15, -0.1) is 0 Å². The summed E-state index contributed by atoms with van der Waals surface area (Å²) in [5.74, 6) is 1.23. The number of methoxy groups -OCH3 is 2. The molecule has 1 unspecified atom stereocenters. The maximum Gasteiger partial charge on any atom is 0.339 e. The van der Waals surface area contributed by atoms with Crippen molar-refractivity contribution < 1.29 is 32.5 Å². The first-order chi connectivity index (χ1) is 17.2. The zero-order chi connectivity index (χ0) is 25.9. The number of nitrogens with zero attached hydrogens (tertiary/aromatic N) is 1. The highest BCUT2D eigenvalue weighted by Crippen LogP contribution is 2.34. The van der Waals surface area contributed by atoms with E-state index in [1.165, 1.54) is 24.3 Å². The van der Waals surface area contributed by atoms with E-state index in [2.05, 4.69) is 20.9 Å². The van der Waals surface area contributed by atoms with Gasteiger partial charge in [0.1, 0.15) is 10.6 Å². The molecule has 0 saturated carbocycles. The Morgan fingerprint density at radius 3 is 2.33 bits per heavy atom. The number of halogens is 1. The average molecular weight is 573 g/mol. The van der Waals surface area contributed by atoms with Crippen LogP contribution in [0, 0.1) is 5.21 Å². The second kappa shape index (κ2) is 10.6. The van der Waals surface area contributed by atoms with Crippen LogP contribution in [0.25, 0.3) is 10.8 Å². The van der Waals surface area contributed by atoms with E-state index >= 15 is 0 Å². The Morgan fingerprint density at radius 1 is 0.972 bits per heavy atom. The van der Waals surface area contributed by atoms with Gasteiger partial charge in [0, 0.05) is 33.8 Å². The fraction of sp³-hybridized carbons (Fsp3) is 0.0800. The van der Waals surface area contributed by atoms with Crippen molar-refractivity contribution in [2.24, 2.45) is 4.99 Å². The quantitative estimate of drug-likeness (QED) is 0.180. The lowest BCUT2D eigenvalue weighted by molar-refractivity contribution is -0.991. The standard InChI is InChI=1S/C25H21BrN2O7S/c1-33-24-12-17(22(26)14-25(24)34-2)15-27-23-5-3-4-16-6-9-19(13-21(16)23)35-36(31,32)20-10-7-18(8-11-20)28(29)30/h3-15,28-29H,1-2H3. The van der Waals surface area contributed by atoms with E-state index < -0.39 is 15.3 Å². The van der Waals surface area contributed by atoms with Crippen LogP contribution in [0.2, 0.25) is 0 Å². The normalized spacial score (nSPS) is 12.6. The molecule has 0 aliphatic rings. The molecule has 0 aromatic heterocycles. The molecule has 9 nitrogen and oxygen atoms in total. The summed E-state index contributed by atoms with van der Waals surface area (Å²) in [7, 11) is -1.07. The van der Waals surface area contributed by atoms with Gasteiger partial charge in [0.2, 0.25) is 0 Å². The summed E-state index contributed by atoms with van der Waals surface area (Å²) >= 11 is 3.51. The van der Waals surface area contributed by atoms with Crippen molar-refractivity contribution >= 4 is 54.4 Å². The van der Waals surface area contributed by atoms with Crippen molar-refractivity contribution in [3.05, 3.63) is 88.0 Å². The molecule has 0 heterocycles. The van der Waals surface area contributed by atoms with Crippen molar-refractivity contribution in [2.45, 2.75) is 4.90 Å². The van der Waals surface area contributed by atoms with Gasteiger partial charge >= 0.3 is 10.1 Å². The molecule has 4 aromatic rings. The second-order valence-electron chi connectivity index (χ2n) is 7.51. The van der Waals surface area contributed by atoms with Crippen molar-refractivity contribution in [1.29, 1.82) is 0 Å². The molecule has 4 aromatic carbocycles. The summed E-state index contributed by atoms with van der Waals surface area (Å²) in [6.07, 6.45) is 1.66. The molecule has 0 fully saturated rings. The van der Waals surface area contributed by atoms with Crippen LogP contribution in [0.15, 0.2) is 87.2 Å². The van der Waals surface area contributed by atoms with Crippen LogP contribution < -0.4 is 18.9 Å². The Labute approximate surface area is 216 Å². The molecule has 11 heteroatoms. The minimum Gasteiger partial charge on any atom is -0.595 e. The Kier molecular flexibility index (Phi) is 7.57. The minimum absolute atomic E-state index is 0.0247. The topological polar surface area (TPSA) is 122 Å². The van der Waals surface area contributed by atoms with Crippen molar-refractivity contribution in [1.82, 2.24) is 0 Å². The van der Waals surface area contributed by atoms with E-state index in [1.807, 2.05) is 12.1 Å². The smallest absolute Gasteiger partial charge is 0.339 e. The number of ether oxygens (including phenoxy) is 2. The Bertz CT molecular complexity index is 1540. The van der Waals surface area contributed by atoms with Crippen LogP contribution in [0.4, 0.5) is 11.4 Å². The number of hydrogen-bond donors (Lipinski definition) is 2. The summed E-state index contributed by atoms with van der Waals surface area (Å²) in [6.45, 7) is 0. The number of hydrogen-bond acceptors (Lipinski definition) is 8. The van der Waals surface area contributed by atoms with Crippen LogP contribution in [0.5, 0.6) is 17.2 Å². The summed E-state index contributed by atoms with van der Waals surface area (Å²) in [5, 5.41) is 20.4. The maximum atomic E-state index is 12.7. The molecule has 36 heavy (non-hydrogen) atoms. The molecule has 4 rings (SSSR count). The first-order valence-corrected chi connectivity index (χ1v) is 12.7. The minimum atomic E-state index is -4.18. The van der Waals surface area contributed by atoms with Crippen molar-refractivity contribution in [3.63, 3.8) is 0 Å². The molecular weight excluding hydrogens is 552 g/mol. The predicted molar refractivity (Wildman–Crippen MR) is 138 cm³/mol. The van der Waals surface area contributed by atoms with Crippen LogP contribution in [-0.2, 0) is 10.1 Å². The van der Waals surface area contributed by atoms with Gasteiger partial charge in [-0.05, 0) is 63.8 Å². The molecule has 2 N–H and O–H groups in total. The molecular formula is C25H21BrN2O7S. The maximum absolute atomic E-state index is 12.7. The molecule has 0 saturated heterocycles. The zero-order valence-corrected chi connectivity index (χ0v) is 21.5.